The van der Waals surface area contributed by atoms with E-state index in [4.69, 9.17) is 4.74 Å². The summed E-state index contributed by atoms with van der Waals surface area (Å²) < 4.78 is 6.67. The third-order valence-electron chi connectivity index (χ3n) is 13.4. The molecule has 2 bridgehead atoms. The molecule has 2 nitrogen and oxygen atoms in total. The Morgan fingerprint density at radius 3 is 2.44 bits per heavy atom. The molecule has 2 aliphatic heterocycles. The first-order chi connectivity index (χ1) is 14.9. The summed E-state index contributed by atoms with van der Waals surface area (Å²) >= 11 is 0. The Balaban J connectivity index is 1.49. The van der Waals surface area contributed by atoms with E-state index in [-0.39, 0.29) is 22.3 Å². The SMILES string of the molecule is CC(C)[C@H]1CCC2[C@]1(C)CC[C@@]1(C)[C@@]2(C)CC=C2[C@@]34CCCC(C)(C)C3C[C@H](OC4)[C@@]21O. The highest BCUT2D eigenvalue weighted by Crippen LogP contribution is 2.78. The Morgan fingerprint density at radius 1 is 0.969 bits per heavy atom. The van der Waals surface area contributed by atoms with Gasteiger partial charge in [-0.25, -0.2) is 0 Å². The number of hydrogen-bond donors (Lipinski definition) is 1. The molecule has 7 aliphatic rings. The number of allylic oxidation sites excluding steroid dienone is 1. The second-order valence-electron chi connectivity index (χ2n) is 14.9. The molecule has 1 spiro atoms. The van der Waals surface area contributed by atoms with E-state index in [1.54, 1.807) is 0 Å². The van der Waals surface area contributed by atoms with E-state index in [1.807, 2.05) is 0 Å². The predicted octanol–water partition coefficient (Wildman–Crippen LogP) is 7.16. The molecule has 7 rings (SSSR count). The summed E-state index contributed by atoms with van der Waals surface area (Å²) in [7, 11) is 0. The van der Waals surface area contributed by atoms with Crippen LogP contribution in [-0.2, 0) is 4.74 Å². The van der Waals surface area contributed by atoms with Gasteiger partial charge in [-0.3, -0.25) is 0 Å². The summed E-state index contributed by atoms with van der Waals surface area (Å²) in [4.78, 5) is 0. The van der Waals surface area contributed by atoms with Crippen LogP contribution in [0.2, 0.25) is 0 Å². The lowest BCUT2D eigenvalue weighted by atomic mass is 9.33. The summed E-state index contributed by atoms with van der Waals surface area (Å²) in [5.74, 6) is 2.95. The lowest BCUT2D eigenvalue weighted by molar-refractivity contribution is -0.307. The minimum Gasteiger partial charge on any atom is -0.382 e. The van der Waals surface area contributed by atoms with E-state index in [0.29, 0.717) is 22.7 Å². The largest absolute Gasteiger partial charge is 0.382 e. The first kappa shape index (κ1) is 22.1. The monoisotopic (exact) mass is 440 g/mol. The summed E-state index contributed by atoms with van der Waals surface area (Å²) in [5, 5.41) is 13.0. The van der Waals surface area contributed by atoms with Crippen LogP contribution in [0.5, 0.6) is 0 Å². The van der Waals surface area contributed by atoms with Crippen molar-refractivity contribution >= 4 is 0 Å². The van der Waals surface area contributed by atoms with Crippen LogP contribution in [-0.4, -0.2) is 23.4 Å². The molecule has 4 saturated carbocycles. The zero-order valence-electron chi connectivity index (χ0n) is 21.9. The first-order valence-corrected chi connectivity index (χ1v) is 13.9. The molecule has 0 aromatic rings. The van der Waals surface area contributed by atoms with Crippen LogP contribution in [0.25, 0.3) is 0 Å². The van der Waals surface area contributed by atoms with Crippen LogP contribution in [0.1, 0.15) is 106 Å². The van der Waals surface area contributed by atoms with Gasteiger partial charge in [0.25, 0.3) is 0 Å². The zero-order valence-corrected chi connectivity index (χ0v) is 21.9. The van der Waals surface area contributed by atoms with Gasteiger partial charge in [-0.05, 0) is 96.9 Å². The molecule has 2 saturated heterocycles. The van der Waals surface area contributed by atoms with Crippen molar-refractivity contribution in [3.05, 3.63) is 11.6 Å². The smallest absolute Gasteiger partial charge is 0.118 e. The summed E-state index contributed by atoms with van der Waals surface area (Å²) in [6, 6.07) is 0. The van der Waals surface area contributed by atoms with Crippen LogP contribution in [0, 0.1) is 50.7 Å². The highest BCUT2D eigenvalue weighted by Gasteiger charge is 2.77. The number of ether oxygens (including phenoxy) is 1. The summed E-state index contributed by atoms with van der Waals surface area (Å²) in [5.41, 5.74) is 1.57. The maximum atomic E-state index is 13.0. The van der Waals surface area contributed by atoms with Gasteiger partial charge in [-0.1, -0.05) is 61.0 Å². The Morgan fingerprint density at radius 2 is 1.72 bits per heavy atom. The van der Waals surface area contributed by atoms with Gasteiger partial charge in [0.2, 0.25) is 0 Å². The molecule has 0 aromatic heterocycles. The van der Waals surface area contributed by atoms with Crippen molar-refractivity contribution in [3.8, 4) is 0 Å². The number of aliphatic hydroxyl groups is 1. The van der Waals surface area contributed by atoms with E-state index in [0.717, 1.165) is 37.7 Å². The van der Waals surface area contributed by atoms with Gasteiger partial charge in [0.05, 0.1) is 12.7 Å². The van der Waals surface area contributed by atoms with E-state index >= 15 is 0 Å². The molecule has 2 heterocycles. The molecule has 1 N–H and O–H groups in total. The number of rotatable bonds is 1. The van der Waals surface area contributed by atoms with Crippen molar-refractivity contribution in [2.75, 3.05) is 6.61 Å². The fourth-order valence-electron chi connectivity index (χ4n) is 11.7. The second kappa shape index (κ2) is 6.26. The fourth-order valence-corrected chi connectivity index (χ4v) is 11.7. The molecule has 32 heavy (non-hydrogen) atoms. The van der Waals surface area contributed by atoms with Crippen molar-refractivity contribution < 1.29 is 9.84 Å². The minimum atomic E-state index is -0.778. The maximum Gasteiger partial charge on any atom is 0.118 e. The molecule has 0 radical (unpaired) electrons. The normalized spacial score (nSPS) is 58.0. The van der Waals surface area contributed by atoms with Crippen molar-refractivity contribution in [1.82, 2.24) is 0 Å². The fraction of sp³-hybridized carbons (Fsp3) is 0.933. The molecule has 6 fully saturated rings. The average molecular weight is 441 g/mol. The minimum absolute atomic E-state index is 0.0192. The Kier molecular flexibility index (Phi) is 4.33. The van der Waals surface area contributed by atoms with Gasteiger partial charge in [-0.2, -0.15) is 0 Å². The van der Waals surface area contributed by atoms with Crippen LogP contribution < -0.4 is 0 Å². The lowest BCUT2D eigenvalue weighted by Crippen LogP contribution is -2.77. The molecule has 2 heteroatoms. The molecule has 0 amide bonds. The molecular formula is C30H48O2. The van der Waals surface area contributed by atoms with Crippen molar-refractivity contribution in [3.63, 3.8) is 0 Å². The Hall–Kier alpha value is -0.340. The molecule has 9 atom stereocenters. The lowest BCUT2D eigenvalue weighted by Gasteiger charge is -2.75. The number of fused-ring (bicyclic) bond motifs is 4. The van der Waals surface area contributed by atoms with Gasteiger partial charge < -0.3 is 9.84 Å². The van der Waals surface area contributed by atoms with Gasteiger partial charge in [0.15, 0.2) is 0 Å². The standard InChI is InChI=1S/C30H48O2/c1-19(2)20-9-10-21-26(20,5)15-16-28(7)27(21,6)14-11-22-29-13-8-12-25(3,4)23(29)17-24(32-18-29)30(22,28)31/h11,19-21,23-24,31H,8-10,12-18H2,1-7H3/t20-,21?,23?,24+,26-,27+,28+,29+,30+/m1/s1. The van der Waals surface area contributed by atoms with Gasteiger partial charge in [0, 0.05) is 10.8 Å². The molecule has 180 valence electrons. The van der Waals surface area contributed by atoms with Gasteiger partial charge in [-0.15, -0.1) is 0 Å². The summed E-state index contributed by atoms with van der Waals surface area (Å²) in [6.07, 6.45) is 13.8. The third kappa shape index (κ3) is 2.18. The van der Waals surface area contributed by atoms with Crippen LogP contribution >= 0.6 is 0 Å². The van der Waals surface area contributed by atoms with E-state index in [2.05, 4.69) is 54.5 Å². The topological polar surface area (TPSA) is 29.5 Å². The van der Waals surface area contributed by atoms with Crippen LogP contribution in [0.15, 0.2) is 11.6 Å². The zero-order chi connectivity index (χ0) is 22.9. The highest BCUT2D eigenvalue weighted by atomic mass is 16.5. The van der Waals surface area contributed by atoms with E-state index in [1.165, 1.54) is 44.1 Å². The van der Waals surface area contributed by atoms with Crippen LogP contribution in [0.4, 0.5) is 0 Å². The number of hydrogen-bond acceptors (Lipinski definition) is 2. The van der Waals surface area contributed by atoms with Crippen LogP contribution in [0.3, 0.4) is 0 Å². The summed E-state index contributed by atoms with van der Waals surface area (Å²) in [6.45, 7) is 18.4. The Labute approximate surface area is 197 Å². The van der Waals surface area contributed by atoms with E-state index < -0.39 is 5.60 Å². The highest BCUT2D eigenvalue weighted by molar-refractivity contribution is 5.43. The molecule has 5 aliphatic carbocycles. The van der Waals surface area contributed by atoms with Crippen molar-refractivity contribution in [2.45, 2.75) is 118 Å². The average Bonchev–Trinajstić information content (AvgIpc) is 3.08. The first-order valence-electron chi connectivity index (χ1n) is 13.9. The quantitative estimate of drug-likeness (QED) is 0.438. The van der Waals surface area contributed by atoms with Crippen molar-refractivity contribution in [1.29, 1.82) is 0 Å². The van der Waals surface area contributed by atoms with Gasteiger partial charge in [0.1, 0.15) is 5.60 Å². The Bertz CT molecular complexity index is 853. The predicted molar refractivity (Wildman–Crippen MR) is 130 cm³/mol. The maximum absolute atomic E-state index is 13.0. The third-order valence-corrected chi connectivity index (χ3v) is 13.4. The van der Waals surface area contributed by atoms with Crippen molar-refractivity contribution in [2.24, 2.45) is 50.7 Å². The molecule has 0 aromatic carbocycles. The molecule has 2 unspecified atom stereocenters. The van der Waals surface area contributed by atoms with E-state index in [9.17, 15) is 5.11 Å². The second-order valence-corrected chi connectivity index (χ2v) is 14.9. The molecular weight excluding hydrogens is 392 g/mol. The van der Waals surface area contributed by atoms with Gasteiger partial charge >= 0.3 is 0 Å².